The molecule has 26 heavy (non-hydrogen) atoms. The first-order valence-corrected chi connectivity index (χ1v) is 7.95. The van der Waals surface area contributed by atoms with Gasteiger partial charge in [-0.05, 0) is 18.2 Å². The molecule has 0 aliphatic rings. The van der Waals surface area contributed by atoms with Crippen LogP contribution < -0.4 is 0 Å². The highest BCUT2D eigenvalue weighted by molar-refractivity contribution is 6.35. The molecule has 0 amide bonds. The summed E-state index contributed by atoms with van der Waals surface area (Å²) in [5.41, 5.74) is -1.13. The summed E-state index contributed by atoms with van der Waals surface area (Å²) in [6.45, 7) is 1.73. The number of hydrogen-bond acceptors (Lipinski definition) is 3. The zero-order valence-corrected chi connectivity index (χ0v) is 14.0. The van der Waals surface area contributed by atoms with Gasteiger partial charge in [0.2, 0.25) is 0 Å². The van der Waals surface area contributed by atoms with Crippen LogP contribution in [0.3, 0.4) is 0 Å². The fraction of sp³-hybridized carbons (Fsp3) is 0.188. The molecule has 0 aliphatic heterocycles. The Bertz CT molecular complexity index is 1150. The van der Waals surface area contributed by atoms with Gasteiger partial charge in [0.05, 0.1) is 28.0 Å². The maximum absolute atomic E-state index is 14.2. The Labute approximate surface area is 148 Å². The van der Waals surface area contributed by atoms with Gasteiger partial charge in [-0.3, -0.25) is 5.10 Å². The highest BCUT2D eigenvalue weighted by atomic mass is 35.5. The van der Waals surface area contributed by atoms with Crippen molar-refractivity contribution in [3.63, 3.8) is 0 Å². The zero-order valence-electron chi connectivity index (χ0n) is 13.2. The Kier molecular flexibility index (Phi) is 3.65. The van der Waals surface area contributed by atoms with E-state index in [1.54, 1.807) is 6.92 Å². The molecule has 0 atom stereocenters. The summed E-state index contributed by atoms with van der Waals surface area (Å²) in [5, 5.41) is 11.3. The lowest BCUT2D eigenvalue weighted by Crippen LogP contribution is -2.12. The number of aryl methyl sites for hydroxylation is 1. The van der Waals surface area contributed by atoms with Crippen LogP contribution in [0, 0.1) is 5.82 Å². The van der Waals surface area contributed by atoms with Crippen LogP contribution in [-0.2, 0) is 12.6 Å². The summed E-state index contributed by atoms with van der Waals surface area (Å²) < 4.78 is 55.9. The lowest BCUT2D eigenvalue weighted by Gasteiger charge is -2.15. The molecule has 3 aromatic heterocycles. The van der Waals surface area contributed by atoms with Crippen LogP contribution in [0.1, 0.15) is 18.3 Å². The Balaban J connectivity index is 2.14. The van der Waals surface area contributed by atoms with E-state index in [0.29, 0.717) is 23.4 Å². The molecule has 0 spiro atoms. The van der Waals surface area contributed by atoms with Gasteiger partial charge in [0.1, 0.15) is 0 Å². The first-order valence-electron chi connectivity index (χ1n) is 7.58. The summed E-state index contributed by atoms with van der Waals surface area (Å²) in [7, 11) is 0. The molecule has 1 N–H and O–H groups in total. The van der Waals surface area contributed by atoms with E-state index in [9.17, 15) is 17.6 Å². The van der Waals surface area contributed by atoms with Gasteiger partial charge in [0, 0.05) is 17.4 Å². The quantitative estimate of drug-likeness (QED) is 0.513. The average Bonchev–Trinajstić information content (AvgIpc) is 3.20. The molecule has 0 saturated carbocycles. The number of aromatic nitrogens is 5. The Morgan fingerprint density at radius 1 is 1.23 bits per heavy atom. The minimum Gasteiger partial charge on any atom is -0.276 e. The largest absolute Gasteiger partial charge is 0.418 e. The standard InChI is InChI=1S/C16H10ClF4N5/c1-2-12-23-15-11(18)5-9(16(19,20)21)14(26(15)25-12)7-3-8-6-22-24-13(8)10(17)4-7/h3-6H,2H2,1H3,(H,22,24). The van der Waals surface area contributed by atoms with Crippen molar-refractivity contribution in [1.82, 2.24) is 24.8 Å². The molecular weight excluding hydrogens is 374 g/mol. The predicted molar refractivity (Wildman–Crippen MR) is 87.4 cm³/mol. The number of rotatable bonds is 2. The molecule has 134 valence electrons. The summed E-state index contributed by atoms with van der Waals surface area (Å²) >= 11 is 6.16. The summed E-state index contributed by atoms with van der Waals surface area (Å²) in [4.78, 5) is 3.97. The smallest absolute Gasteiger partial charge is 0.276 e. The van der Waals surface area contributed by atoms with Crippen LogP contribution in [0.4, 0.5) is 17.6 Å². The molecule has 10 heteroatoms. The predicted octanol–water partition coefficient (Wildman–Crippen LogP) is 4.65. The van der Waals surface area contributed by atoms with Crippen molar-refractivity contribution >= 4 is 28.2 Å². The fourth-order valence-corrected chi connectivity index (χ4v) is 3.10. The van der Waals surface area contributed by atoms with E-state index in [1.807, 2.05) is 0 Å². The van der Waals surface area contributed by atoms with Gasteiger partial charge in [-0.1, -0.05) is 18.5 Å². The molecule has 0 fully saturated rings. The third-order valence-electron chi connectivity index (χ3n) is 4.00. The highest BCUT2D eigenvalue weighted by Gasteiger charge is 2.37. The number of alkyl halides is 3. The number of benzene rings is 1. The molecule has 0 aliphatic carbocycles. The van der Waals surface area contributed by atoms with E-state index in [1.165, 1.54) is 18.3 Å². The number of nitrogens with zero attached hydrogens (tertiary/aromatic N) is 4. The maximum atomic E-state index is 14.2. The van der Waals surface area contributed by atoms with E-state index in [0.717, 1.165) is 4.52 Å². The van der Waals surface area contributed by atoms with E-state index < -0.39 is 17.6 Å². The third kappa shape index (κ3) is 2.50. The number of pyridine rings is 1. The molecule has 0 radical (unpaired) electrons. The Hall–Kier alpha value is -2.68. The van der Waals surface area contributed by atoms with Crippen LogP contribution >= 0.6 is 11.6 Å². The van der Waals surface area contributed by atoms with Crippen LogP contribution in [0.15, 0.2) is 24.4 Å². The molecule has 0 saturated heterocycles. The Morgan fingerprint density at radius 3 is 2.69 bits per heavy atom. The van der Waals surface area contributed by atoms with Gasteiger partial charge in [-0.25, -0.2) is 13.9 Å². The second kappa shape index (κ2) is 5.66. The number of H-pyrrole nitrogens is 1. The van der Waals surface area contributed by atoms with Gasteiger partial charge in [-0.2, -0.15) is 23.4 Å². The summed E-state index contributed by atoms with van der Waals surface area (Å²) in [6, 6.07) is 3.28. The van der Waals surface area contributed by atoms with Gasteiger partial charge < -0.3 is 0 Å². The number of halogens is 5. The fourth-order valence-electron chi connectivity index (χ4n) is 2.83. The van der Waals surface area contributed by atoms with Gasteiger partial charge in [0.25, 0.3) is 0 Å². The first-order chi connectivity index (χ1) is 12.3. The highest BCUT2D eigenvalue weighted by Crippen LogP contribution is 2.40. The lowest BCUT2D eigenvalue weighted by molar-refractivity contribution is -0.137. The molecule has 5 nitrogen and oxygen atoms in total. The van der Waals surface area contributed by atoms with Crippen molar-refractivity contribution in [2.45, 2.75) is 19.5 Å². The monoisotopic (exact) mass is 383 g/mol. The van der Waals surface area contributed by atoms with Crippen molar-refractivity contribution in [2.75, 3.05) is 0 Å². The lowest BCUT2D eigenvalue weighted by atomic mass is 10.0. The van der Waals surface area contributed by atoms with Crippen molar-refractivity contribution in [1.29, 1.82) is 0 Å². The SMILES string of the molecule is CCc1nc2c(F)cc(C(F)(F)F)c(-c3cc(Cl)c4[nH]ncc4c3)n2n1. The van der Waals surface area contributed by atoms with Crippen molar-refractivity contribution in [3.8, 4) is 11.3 Å². The number of fused-ring (bicyclic) bond motifs is 2. The second-order valence-corrected chi connectivity index (χ2v) is 6.07. The molecule has 4 aromatic rings. The average molecular weight is 384 g/mol. The molecule has 4 rings (SSSR count). The molecule has 0 bridgehead atoms. The first kappa shape index (κ1) is 16.8. The minimum absolute atomic E-state index is 0.133. The van der Waals surface area contributed by atoms with E-state index in [2.05, 4.69) is 20.3 Å². The zero-order chi connectivity index (χ0) is 18.6. The van der Waals surface area contributed by atoms with Crippen molar-refractivity contribution in [2.24, 2.45) is 0 Å². The van der Waals surface area contributed by atoms with Gasteiger partial charge in [-0.15, -0.1) is 0 Å². The number of hydrogen-bond donors (Lipinski definition) is 1. The second-order valence-electron chi connectivity index (χ2n) is 5.66. The summed E-state index contributed by atoms with van der Waals surface area (Å²) in [5.74, 6) is -0.858. The van der Waals surface area contributed by atoms with Crippen LogP contribution in [0.25, 0.3) is 27.8 Å². The molecular formula is C16H10ClF4N5. The van der Waals surface area contributed by atoms with E-state index >= 15 is 0 Å². The van der Waals surface area contributed by atoms with Crippen molar-refractivity contribution < 1.29 is 17.6 Å². The van der Waals surface area contributed by atoms with Crippen LogP contribution in [0.5, 0.6) is 0 Å². The molecule has 1 aromatic carbocycles. The summed E-state index contributed by atoms with van der Waals surface area (Å²) in [6.07, 6.45) is -3.00. The minimum atomic E-state index is -4.79. The molecule has 3 heterocycles. The maximum Gasteiger partial charge on any atom is 0.418 e. The van der Waals surface area contributed by atoms with E-state index in [4.69, 9.17) is 11.6 Å². The number of nitrogens with one attached hydrogen (secondary N) is 1. The van der Waals surface area contributed by atoms with E-state index in [-0.39, 0.29) is 27.8 Å². The molecule has 0 unspecified atom stereocenters. The van der Waals surface area contributed by atoms with Gasteiger partial charge >= 0.3 is 6.18 Å². The topological polar surface area (TPSA) is 58.9 Å². The number of aromatic amines is 1. The van der Waals surface area contributed by atoms with Crippen molar-refractivity contribution in [3.05, 3.63) is 46.6 Å². The van der Waals surface area contributed by atoms with Crippen LogP contribution in [-0.4, -0.2) is 24.8 Å². The Morgan fingerprint density at radius 2 is 2.00 bits per heavy atom. The normalized spacial score (nSPS) is 12.4. The van der Waals surface area contributed by atoms with Crippen LogP contribution in [0.2, 0.25) is 5.02 Å². The van der Waals surface area contributed by atoms with Gasteiger partial charge in [0.15, 0.2) is 17.3 Å². The third-order valence-corrected chi connectivity index (χ3v) is 4.30.